The van der Waals surface area contributed by atoms with Crippen molar-refractivity contribution in [2.75, 3.05) is 20.3 Å². The second kappa shape index (κ2) is 13.5. The van der Waals surface area contributed by atoms with E-state index in [0.717, 1.165) is 12.8 Å². The third kappa shape index (κ3) is 6.75. The number of nitrogens with zero attached hydrogens (tertiary/aromatic N) is 3. The Balaban J connectivity index is 1.76. The maximum Gasteiger partial charge on any atom is 0.266 e. The quantitative estimate of drug-likeness (QED) is 0.180. The number of methoxy groups -OCH3 is 1. The Hall–Kier alpha value is -3.48. The normalized spacial score (nSPS) is 12.0. The first-order valence-electron chi connectivity index (χ1n) is 13.6. The molecule has 7 heteroatoms. The number of aryl methyl sites for hydroxylation is 1. The van der Waals surface area contributed by atoms with E-state index in [0.29, 0.717) is 52.6 Å². The Kier molecular flexibility index (Phi) is 9.90. The van der Waals surface area contributed by atoms with Gasteiger partial charge in [0.2, 0.25) is 0 Å². The van der Waals surface area contributed by atoms with E-state index in [1.807, 2.05) is 49.4 Å². The summed E-state index contributed by atoms with van der Waals surface area (Å²) in [5.74, 6) is 0.381. The molecule has 0 radical (unpaired) electrons. The molecule has 1 atom stereocenters. The first kappa shape index (κ1) is 28.5. The van der Waals surface area contributed by atoms with Gasteiger partial charge >= 0.3 is 0 Å². The summed E-state index contributed by atoms with van der Waals surface area (Å²) in [4.78, 5) is 34.4. The maximum absolute atomic E-state index is 13.9. The van der Waals surface area contributed by atoms with Crippen molar-refractivity contribution in [3.05, 3.63) is 105 Å². The van der Waals surface area contributed by atoms with Crippen LogP contribution in [0.25, 0.3) is 16.6 Å². The van der Waals surface area contributed by atoms with Gasteiger partial charge in [0, 0.05) is 30.8 Å². The molecule has 0 bridgehead atoms. The van der Waals surface area contributed by atoms with Crippen LogP contribution >= 0.6 is 11.6 Å². The lowest BCUT2D eigenvalue weighted by molar-refractivity contribution is 0.0657. The lowest BCUT2D eigenvalue weighted by atomic mass is 10.0. The molecular weight excluding hydrogens is 510 g/mol. The van der Waals surface area contributed by atoms with E-state index >= 15 is 0 Å². The van der Waals surface area contributed by atoms with E-state index in [1.165, 1.54) is 18.4 Å². The van der Waals surface area contributed by atoms with Gasteiger partial charge in [0.15, 0.2) is 0 Å². The molecule has 0 aliphatic rings. The molecule has 0 fully saturated rings. The number of ether oxygens (including phenoxy) is 1. The van der Waals surface area contributed by atoms with Gasteiger partial charge in [-0.2, -0.15) is 0 Å². The molecule has 4 rings (SSSR count). The summed E-state index contributed by atoms with van der Waals surface area (Å²) < 4.78 is 6.88. The Bertz CT molecular complexity index is 1450. The number of hydrogen-bond acceptors (Lipinski definition) is 4. The van der Waals surface area contributed by atoms with Gasteiger partial charge in [0.1, 0.15) is 5.82 Å². The monoisotopic (exact) mass is 545 g/mol. The average molecular weight is 546 g/mol. The molecule has 39 heavy (non-hydrogen) atoms. The van der Waals surface area contributed by atoms with Crippen LogP contribution in [-0.2, 0) is 11.2 Å². The Morgan fingerprint density at radius 3 is 2.41 bits per heavy atom. The predicted molar refractivity (Wildman–Crippen MR) is 158 cm³/mol. The molecule has 0 saturated heterocycles. The second-order valence-corrected chi connectivity index (χ2v) is 10.2. The van der Waals surface area contributed by atoms with Crippen molar-refractivity contribution in [2.45, 2.75) is 52.0 Å². The van der Waals surface area contributed by atoms with Gasteiger partial charge in [-0.1, -0.05) is 55.6 Å². The number of halogens is 1. The topological polar surface area (TPSA) is 64.4 Å². The van der Waals surface area contributed by atoms with Crippen LogP contribution in [0.5, 0.6) is 0 Å². The molecule has 204 valence electrons. The van der Waals surface area contributed by atoms with E-state index < -0.39 is 6.04 Å². The Morgan fingerprint density at radius 2 is 1.72 bits per heavy atom. The molecule has 6 nitrogen and oxygen atoms in total. The lowest BCUT2D eigenvalue weighted by Gasteiger charge is -2.31. The highest BCUT2D eigenvalue weighted by atomic mass is 35.5. The maximum atomic E-state index is 13.9. The van der Waals surface area contributed by atoms with Crippen molar-refractivity contribution in [1.82, 2.24) is 14.5 Å². The van der Waals surface area contributed by atoms with Crippen LogP contribution in [0.2, 0.25) is 5.02 Å². The molecule has 1 aromatic heterocycles. The van der Waals surface area contributed by atoms with Crippen LogP contribution in [-0.4, -0.2) is 40.6 Å². The van der Waals surface area contributed by atoms with E-state index in [-0.39, 0.29) is 11.5 Å². The third-order valence-corrected chi connectivity index (χ3v) is 7.26. The molecule has 0 aliphatic heterocycles. The number of unbranched alkanes of at least 4 members (excludes halogenated alkanes) is 2. The molecule has 0 N–H and O–H groups in total. The van der Waals surface area contributed by atoms with Crippen LogP contribution in [0, 0.1) is 0 Å². The molecule has 3 aromatic carbocycles. The summed E-state index contributed by atoms with van der Waals surface area (Å²) in [6.07, 6.45) is 5.17. The molecule has 4 aromatic rings. The zero-order valence-electron chi connectivity index (χ0n) is 22.9. The van der Waals surface area contributed by atoms with Crippen molar-refractivity contribution in [3.63, 3.8) is 0 Å². The fraction of sp³-hybridized carbons (Fsp3) is 0.344. The number of benzene rings is 3. The summed E-state index contributed by atoms with van der Waals surface area (Å²) in [5.41, 5.74) is 2.89. The van der Waals surface area contributed by atoms with Crippen LogP contribution in [0.15, 0.2) is 77.6 Å². The van der Waals surface area contributed by atoms with Crippen molar-refractivity contribution in [2.24, 2.45) is 0 Å². The van der Waals surface area contributed by atoms with E-state index in [4.69, 9.17) is 21.3 Å². The minimum absolute atomic E-state index is 0.108. The number of aromatic nitrogens is 2. The minimum Gasteiger partial charge on any atom is -0.385 e. The van der Waals surface area contributed by atoms with Crippen molar-refractivity contribution in [1.29, 1.82) is 0 Å². The van der Waals surface area contributed by atoms with E-state index in [9.17, 15) is 9.59 Å². The van der Waals surface area contributed by atoms with Crippen LogP contribution in [0.1, 0.15) is 67.3 Å². The summed E-state index contributed by atoms with van der Waals surface area (Å²) >= 11 is 6.15. The summed E-state index contributed by atoms with van der Waals surface area (Å²) in [5, 5.41) is 1.09. The van der Waals surface area contributed by atoms with Gasteiger partial charge in [-0.25, -0.2) is 4.98 Å². The Labute approximate surface area is 235 Å². The first-order chi connectivity index (χ1) is 18.9. The average Bonchev–Trinajstić information content (AvgIpc) is 2.96. The second-order valence-electron chi connectivity index (χ2n) is 9.78. The smallest absolute Gasteiger partial charge is 0.266 e. The number of amides is 1. The summed E-state index contributed by atoms with van der Waals surface area (Å²) in [7, 11) is 1.65. The number of fused-ring (bicyclic) bond motifs is 1. The van der Waals surface area contributed by atoms with Gasteiger partial charge in [-0.15, -0.1) is 0 Å². The SMILES string of the molecule is CCCCCc1ccc(C(=O)N(CCCOC)C(C)c2nc3ccccc3c(=O)n2-c2ccc(Cl)cc2)cc1. The molecule has 0 aliphatic carbocycles. The first-order valence-corrected chi connectivity index (χ1v) is 14.0. The highest BCUT2D eigenvalue weighted by molar-refractivity contribution is 6.30. The van der Waals surface area contributed by atoms with Crippen LogP contribution < -0.4 is 5.56 Å². The van der Waals surface area contributed by atoms with Crippen molar-refractivity contribution < 1.29 is 9.53 Å². The summed E-state index contributed by atoms with van der Waals surface area (Å²) in [6.45, 7) is 5.09. The molecule has 0 saturated carbocycles. The van der Waals surface area contributed by atoms with Crippen LogP contribution in [0.4, 0.5) is 0 Å². The fourth-order valence-electron chi connectivity index (χ4n) is 4.82. The molecule has 1 unspecified atom stereocenters. The standard InChI is InChI=1S/C32H36ClN3O3/c1-4-5-6-10-24-13-15-25(16-14-24)31(37)35(21-9-22-39-3)23(2)30-34-29-12-8-7-11-28(29)32(38)36(30)27-19-17-26(33)18-20-27/h7-8,11-20,23H,4-6,9-10,21-22H2,1-3H3. The molecular formula is C32H36ClN3O3. The number of hydrogen-bond donors (Lipinski definition) is 0. The molecule has 1 amide bonds. The van der Waals surface area contributed by atoms with Crippen molar-refractivity contribution >= 4 is 28.4 Å². The zero-order chi connectivity index (χ0) is 27.8. The largest absolute Gasteiger partial charge is 0.385 e. The number of para-hydroxylation sites is 1. The van der Waals surface area contributed by atoms with Gasteiger partial charge in [0.05, 0.1) is 22.6 Å². The third-order valence-electron chi connectivity index (χ3n) is 7.01. The van der Waals surface area contributed by atoms with Gasteiger partial charge < -0.3 is 9.64 Å². The minimum atomic E-state index is -0.494. The van der Waals surface area contributed by atoms with Crippen LogP contribution in [0.3, 0.4) is 0 Å². The fourth-order valence-corrected chi connectivity index (χ4v) is 4.94. The van der Waals surface area contributed by atoms with Gasteiger partial charge in [-0.05, 0) is 80.3 Å². The lowest BCUT2D eigenvalue weighted by Crippen LogP contribution is -2.38. The van der Waals surface area contributed by atoms with Gasteiger partial charge in [0.25, 0.3) is 11.5 Å². The Morgan fingerprint density at radius 1 is 1.00 bits per heavy atom. The number of rotatable bonds is 12. The van der Waals surface area contributed by atoms with E-state index in [2.05, 4.69) is 6.92 Å². The molecule has 0 spiro atoms. The summed E-state index contributed by atoms with van der Waals surface area (Å²) in [6, 6.07) is 21.8. The zero-order valence-corrected chi connectivity index (χ0v) is 23.7. The van der Waals surface area contributed by atoms with Crippen molar-refractivity contribution in [3.8, 4) is 5.69 Å². The highest BCUT2D eigenvalue weighted by Gasteiger charge is 2.27. The van der Waals surface area contributed by atoms with E-state index in [1.54, 1.807) is 46.9 Å². The molecule has 1 heterocycles. The predicted octanol–water partition coefficient (Wildman–Crippen LogP) is 7.01. The van der Waals surface area contributed by atoms with Gasteiger partial charge in [-0.3, -0.25) is 14.2 Å². The highest BCUT2D eigenvalue weighted by Crippen LogP contribution is 2.26. The number of carbonyl (C=O) groups is 1. The number of carbonyl (C=O) groups excluding carboxylic acids is 1.